The Kier molecular flexibility index (Phi) is 7.64. The topological polar surface area (TPSA) is 89.7 Å². The molecule has 2 aromatic heterocycles. The van der Waals surface area contributed by atoms with Gasteiger partial charge in [0.05, 0.1) is 24.9 Å². The van der Waals surface area contributed by atoms with Gasteiger partial charge in [0.2, 0.25) is 0 Å². The van der Waals surface area contributed by atoms with Gasteiger partial charge in [0.1, 0.15) is 0 Å². The average Bonchev–Trinajstić information content (AvgIpc) is 3.41. The molecular formula is C25H30N4O4S. The summed E-state index contributed by atoms with van der Waals surface area (Å²) in [6.07, 6.45) is 5.75. The lowest BCUT2D eigenvalue weighted by Gasteiger charge is -2.26. The molecule has 1 aliphatic rings. The van der Waals surface area contributed by atoms with Crippen molar-refractivity contribution in [3.63, 3.8) is 0 Å². The summed E-state index contributed by atoms with van der Waals surface area (Å²) in [7, 11) is 1.54. The summed E-state index contributed by atoms with van der Waals surface area (Å²) in [5.74, 6) is 0.210. The number of ether oxygens (including phenoxy) is 2. The minimum Gasteiger partial charge on any atom is -0.504 e. The Morgan fingerprint density at radius 2 is 2.21 bits per heavy atom. The number of fused-ring (bicyclic) bond motifs is 1. The zero-order chi connectivity index (χ0) is 24.1. The van der Waals surface area contributed by atoms with Gasteiger partial charge >= 0.3 is 5.97 Å². The quantitative estimate of drug-likeness (QED) is 0.463. The largest absolute Gasteiger partial charge is 0.504 e. The molecule has 1 aliphatic heterocycles. The number of aryl methyl sites for hydroxylation is 3. The molecule has 1 aromatic carbocycles. The van der Waals surface area contributed by atoms with Crippen molar-refractivity contribution in [3.05, 3.63) is 62.9 Å². The summed E-state index contributed by atoms with van der Waals surface area (Å²) >= 11 is 1.66. The van der Waals surface area contributed by atoms with Crippen molar-refractivity contribution < 1.29 is 19.4 Å². The maximum atomic E-state index is 12.6. The molecule has 8 nitrogen and oxygen atoms in total. The molecule has 9 heteroatoms. The number of hydrogen-bond donors (Lipinski definition) is 1. The molecule has 4 rings (SSSR count). The lowest BCUT2D eigenvalue weighted by Crippen LogP contribution is -2.32. The number of phenols is 1. The number of aromatic hydroxyl groups is 1. The first-order chi connectivity index (χ1) is 16.5. The van der Waals surface area contributed by atoms with Gasteiger partial charge in [-0.3, -0.25) is 9.58 Å². The van der Waals surface area contributed by atoms with Gasteiger partial charge in [-0.05, 0) is 31.5 Å². The molecule has 0 atom stereocenters. The number of benzene rings is 1. The smallest absolute Gasteiger partial charge is 0.359 e. The van der Waals surface area contributed by atoms with Crippen molar-refractivity contribution in [1.82, 2.24) is 19.7 Å². The van der Waals surface area contributed by atoms with Crippen LogP contribution in [0.4, 0.5) is 0 Å². The van der Waals surface area contributed by atoms with Crippen LogP contribution in [0.25, 0.3) is 6.08 Å². The molecule has 0 radical (unpaired) electrons. The number of hydrogen-bond acceptors (Lipinski definition) is 8. The molecule has 3 aromatic rings. The Hall–Kier alpha value is -3.17. The highest BCUT2D eigenvalue weighted by molar-refractivity contribution is 7.09. The minimum absolute atomic E-state index is 0.122. The highest BCUT2D eigenvalue weighted by Crippen LogP contribution is 2.27. The van der Waals surface area contributed by atoms with Gasteiger partial charge < -0.3 is 14.6 Å². The van der Waals surface area contributed by atoms with Gasteiger partial charge in [-0.2, -0.15) is 5.10 Å². The maximum Gasteiger partial charge on any atom is 0.359 e. The van der Waals surface area contributed by atoms with Gasteiger partial charge in [-0.15, -0.1) is 11.3 Å². The van der Waals surface area contributed by atoms with Crippen LogP contribution in [0, 0.1) is 6.92 Å². The van der Waals surface area contributed by atoms with Crippen molar-refractivity contribution in [2.45, 2.75) is 39.8 Å². The molecule has 0 unspecified atom stereocenters. The summed E-state index contributed by atoms with van der Waals surface area (Å²) in [5.41, 5.74) is 6.38. The van der Waals surface area contributed by atoms with E-state index in [2.05, 4.69) is 21.1 Å². The summed E-state index contributed by atoms with van der Waals surface area (Å²) < 4.78 is 12.5. The van der Waals surface area contributed by atoms with Gasteiger partial charge in [-0.25, -0.2) is 9.78 Å². The van der Waals surface area contributed by atoms with E-state index in [0.29, 0.717) is 31.1 Å². The number of rotatable bonds is 9. The standard InChI is InChI=1S/C25H30N4O4S/c1-4-33-25(31)24-19-15-28(11-5-6-18-7-8-21(30)22(14-18)32-3)12-9-20(19)29(27-24)13-10-23-17(2)26-16-34-23/h5-8,14,16,30H,4,9-13,15H2,1-3H3. The summed E-state index contributed by atoms with van der Waals surface area (Å²) in [5, 5.41) is 14.4. The third kappa shape index (κ3) is 5.31. The van der Waals surface area contributed by atoms with Crippen LogP contribution in [0.5, 0.6) is 11.5 Å². The first-order valence-electron chi connectivity index (χ1n) is 11.4. The van der Waals surface area contributed by atoms with Crippen molar-refractivity contribution in [2.24, 2.45) is 0 Å². The van der Waals surface area contributed by atoms with Crippen LogP contribution in [-0.4, -0.2) is 57.5 Å². The molecule has 1 N–H and O–H groups in total. The summed E-state index contributed by atoms with van der Waals surface area (Å²) in [6, 6.07) is 5.27. The van der Waals surface area contributed by atoms with Gasteiger partial charge in [0.25, 0.3) is 0 Å². The zero-order valence-corrected chi connectivity index (χ0v) is 20.6. The fraction of sp³-hybridized carbons (Fsp3) is 0.400. The first kappa shape index (κ1) is 24.0. The maximum absolute atomic E-state index is 12.6. The van der Waals surface area contributed by atoms with Gasteiger partial charge in [0, 0.05) is 55.2 Å². The second-order valence-electron chi connectivity index (χ2n) is 8.15. The van der Waals surface area contributed by atoms with Crippen LogP contribution >= 0.6 is 11.3 Å². The van der Waals surface area contributed by atoms with Crippen LogP contribution in [-0.2, 0) is 30.7 Å². The van der Waals surface area contributed by atoms with E-state index in [0.717, 1.165) is 48.4 Å². The second-order valence-corrected chi connectivity index (χ2v) is 9.09. The van der Waals surface area contributed by atoms with Crippen LogP contribution in [0.1, 0.15) is 44.8 Å². The first-order valence-corrected chi connectivity index (χ1v) is 12.3. The Morgan fingerprint density at radius 1 is 1.35 bits per heavy atom. The Balaban J connectivity index is 1.48. The Morgan fingerprint density at radius 3 is 2.94 bits per heavy atom. The van der Waals surface area contributed by atoms with E-state index in [4.69, 9.17) is 9.47 Å². The molecule has 3 heterocycles. The molecule has 0 aliphatic carbocycles. The fourth-order valence-corrected chi connectivity index (χ4v) is 4.93. The molecular weight excluding hydrogens is 452 g/mol. The zero-order valence-electron chi connectivity index (χ0n) is 19.8. The van der Waals surface area contributed by atoms with Crippen molar-refractivity contribution in [1.29, 1.82) is 0 Å². The lowest BCUT2D eigenvalue weighted by molar-refractivity contribution is 0.0516. The predicted octanol–water partition coefficient (Wildman–Crippen LogP) is 3.85. The molecule has 0 fully saturated rings. The highest BCUT2D eigenvalue weighted by Gasteiger charge is 2.28. The third-order valence-corrected chi connectivity index (χ3v) is 6.95. The number of methoxy groups -OCH3 is 1. The normalized spacial score (nSPS) is 13.9. The van der Waals surface area contributed by atoms with E-state index < -0.39 is 0 Å². The van der Waals surface area contributed by atoms with E-state index >= 15 is 0 Å². The average molecular weight is 483 g/mol. The minimum atomic E-state index is -0.361. The number of aromatic nitrogens is 3. The monoisotopic (exact) mass is 482 g/mol. The van der Waals surface area contributed by atoms with E-state index in [1.165, 1.54) is 12.0 Å². The summed E-state index contributed by atoms with van der Waals surface area (Å²) in [4.78, 5) is 20.5. The van der Waals surface area contributed by atoms with Crippen molar-refractivity contribution in [2.75, 3.05) is 26.8 Å². The highest BCUT2D eigenvalue weighted by atomic mass is 32.1. The molecule has 0 amide bonds. The second kappa shape index (κ2) is 10.8. The van der Waals surface area contributed by atoms with E-state index in [1.54, 1.807) is 23.5 Å². The van der Waals surface area contributed by atoms with E-state index in [9.17, 15) is 9.90 Å². The number of phenolic OH excluding ortho intramolecular Hbond substituents is 1. The molecule has 0 bridgehead atoms. The van der Waals surface area contributed by atoms with Gasteiger partial charge in [0.15, 0.2) is 17.2 Å². The molecule has 0 saturated heterocycles. The van der Waals surface area contributed by atoms with Crippen LogP contribution in [0.2, 0.25) is 0 Å². The van der Waals surface area contributed by atoms with E-state index in [-0.39, 0.29) is 11.7 Å². The van der Waals surface area contributed by atoms with Crippen LogP contribution < -0.4 is 4.74 Å². The number of nitrogens with zero attached hydrogens (tertiary/aromatic N) is 4. The summed E-state index contributed by atoms with van der Waals surface area (Å²) in [6.45, 7) is 7.13. The molecule has 180 valence electrons. The SMILES string of the molecule is CCOC(=O)c1nn(CCc2scnc2C)c2c1CN(CC=Cc1ccc(O)c(OC)c1)CC2. The number of thiazole rings is 1. The van der Waals surface area contributed by atoms with Gasteiger partial charge in [-0.1, -0.05) is 18.2 Å². The Bertz CT molecular complexity index is 1180. The third-order valence-electron chi connectivity index (χ3n) is 5.96. The van der Waals surface area contributed by atoms with Crippen LogP contribution in [0.3, 0.4) is 0 Å². The molecule has 34 heavy (non-hydrogen) atoms. The number of carbonyl (C=O) groups is 1. The Labute approximate surface area is 203 Å². The molecule has 0 spiro atoms. The molecule has 0 saturated carbocycles. The van der Waals surface area contributed by atoms with Crippen molar-refractivity contribution in [3.8, 4) is 11.5 Å². The fourth-order valence-electron chi connectivity index (χ4n) is 4.16. The van der Waals surface area contributed by atoms with Crippen molar-refractivity contribution >= 4 is 23.4 Å². The van der Waals surface area contributed by atoms with Crippen LogP contribution in [0.15, 0.2) is 29.8 Å². The van der Waals surface area contributed by atoms with E-state index in [1.807, 2.05) is 36.2 Å². The number of esters is 1. The predicted molar refractivity (Wildman–Crippen MR) is 131 cm³/mol. The lowest BCUT2D eigenvalue weighted by atomic mass is 10.0. The number of carbonyl (C=O) groups excluding carboxylic acids is 1.